The van der Waals surface area contributed by atoms with Crippen LogP contribution in [-0.2, 0) is 10.8 Å². The lowest BCUT2D eigenvalue weighted by molar-refractivity contribution is 0.423. The molecule has 1 aromatic carbocycles. The molecule has 120 valence electrons. The van der Waals surface area contributed by atoms with Crippen LogP contribution in [0.4, 0.5) is 11.4 Å². The molecule has 2 rings (SSSR count). The minimum Gasteiger partial charge on any atom is -0.507 e. The zero-order valence-corrected chi connectivity index (χ0v) is 15.5. The van der Waals surface area contributed by atoms with E-state index in [0.717, 1.165) is 22.5 Å². The summed E-state index contributed by atoms with van der Waals surface area (Å²) in [4.78, 5) is 1.27. The first kappa shape index (κ1) is 16.9. The van der Waals surface area contributed by atoms with Crippen LogP contribution >= 0.6 is 11.3 Å². The largest absolute Gasteiger partial charge is 0.507 e. The second-order valence-electron chi connectivity index (χ2n) is 7.94. The van der Waals surface area contributed by atoms with Crippen molar-refractivity contribution in [3.05, 3.63) is 39.6 Å². The molecule has 0 fully saturated rings. The fourth-order valence-corrected chi connectivity index (χ4v) is 3.17. The fraction of sp³-hybridized carbons (Fsp3) is 0.474. The molecule has 0 saturated heterocycles. The number of rotatable bonds is 2. The zero-order valence-electron chi connectivity index (χ0n) is 14.7. The fourth-order valence-electron chi connectivity index (χ4n) is 2.52. The minimum atomic E-state index is -0.106. The molecule has 0 atom stereocenters. The second-order valence-corrected chi connectivity index (χ2v) is 9.06. The number of nitrogens with one attached hydrogen (secondary N) is 1. The van der Waals surface area contributed by atoms with E-state index in [1.807, 2.05) is 0 Å². The van der Waals surface area contributed by atoms with Crippen LogP contribution in [0.1, 0.15) is 57.5 Å². The normalized spacial score (nSPS) is 12.5. The van der Waals surface area contributed by atoms with Crippen LogP contribution in [0, 0.1) is 6.92 Å². The van der Waals surface area contributed by atoms with Crippen LogP contribution in [0.3, 0.4) is 0 Å². The van der Waals surface area contributed by atoms with Crippen molar-refractivity contribution in [1.29, 1.82) is 0 Å². The van der Waals surface area contributed by atoms with Crippen molar-refractivity contribution in [3.63, 3.8) is 0 Å². The molecule has 2 aromatic rings. The number of anilines is 2. The summed E-state index contributed by atoms with van der Waals surface area (Å²) in [6, 6.07) is 6.24. The van der Waals surface area contributed by atoms with Gasteiger partial charge in [-0.2, -0.15) is 0 Å². The van der Waals surface area contributed by atoms with E-state index >= 15 is 0 Å². The van der Waals surface area contributed by atoms with Gasteiger partial charge in [-0.05, 0) is 41.3 Å². The van der Waals surface area contributed by atoms with Gasteiger partial charge in [0.25, 0.3) is 0 Å². The van der Waals surface area contributed by atoms with Gasteiger partial charge in [0.1, 0.15) is 5.75 Å². The minimum absolute atomic E-state index is 0.106. The molecule has 0 radical (unpaired) electrons. The van der Waals surface area contributed by atoms with Crippen LogP contribution in [0.15, 0.2) is 23.6 Å². The molecule has 22 heavy (non-hydrogen) atoms. The maximum Gasteiger partial charge on any atom is 0.123 e. The highest BCUT2D eigenvalue weighted by Crippen LogP contribution is 2.41. The van der Waals surface area contributed by atoms with Gasteiger partial charge in [-0.15, -0.1) is 11.3 Å². The third kappa shape index (κ3) is 3.46. The van der Waals surface area contributed by atoms with Crippen LogP contribution in [0.25, 0.3) is 0 Å². The maximum atomic E-state index is 10.7. The molecule has 3 heteroatoms. The Labute approximate surface area is 138 Å². The van der Waals surface area contributed by atoms with Gasteiger partial charge in [0.05, 0.1) is 5.69 Å². The van der Waals surface area contributed by atoms with E-state index in [1.54, 1.807) is 11.3 Å². The summed E-state index contributed by atoms with van der Waals surface area (Å²) in [7, 11) is 0. The Bertz CT molecular complexity index is 636. The molecule has 0 bridgehead atoms. The van der Waals surface area contributed by atoms with Crippen LogP contribution in [-0.4, -0.2) is 5.11 Å². The molecule has 1 aromatic heterocycles. The molecule has 0 aliphatic rings. The summed E-state index contributed by atoms with van der Waals surface area (Å²) in [5, 5.41) is 16.3. The molecule has 0 aliphatic carbocycles. The average Bonchev–Trinajstić information content (AvgIpc) is 2.74. The molecule has 1 heterocycles. The standard InChI is InChI=1S/C19H27NOS/c1-12-16(8-9-22-12)20-13-10-14(18(2,3)4)17(21)15(11-13)19(5,6)7/h8-11,20-21H,1-7H3. The maximum absolute atomic E-state index is 10.7. The molecule has 0 spiro atoms. The summed E-state index contributed by atoms with van der Waals surface area (Å²) in [5.41, 5.74) is 3.92. The molecule has 0 unspecified atom stereocenters. The summed E-state index contributed by atoms with van der Waals surface area (Å²) < 4.78 is 0. The van der Waals surface area contributed by atoms with Gasteiger partial charge in [-0.25, -0.2) is 0 Å². The number of benzene rings is 1. The van der Waals surface area contributed by atoms with Gasteiger partial charge >= 0.3 is 0 Å². The van der Waals surface area contributed by atoms with Gasteiger partial charge in [-0.3, -0.25) is 0 Å². The molecular formula is C19H27NOS. The van der Waals surface area contributed by atoms with E-state index in [0.29, 0.717) is 5.75 Å². The van der Waals surface area contributed by atoms with E-state index in [1.165, 1.54) is 4.88 Å². The molecule has 0 amide bonds. The highest BCUT2D eigenvalue weighted by molar-refractivity contribution is 7.10. The topological polar surface area (TPSA) is 32.3 Å². The van der Waals surface area contributed by atoms with E-state index in [2.05, 4.69) is 77.4 Å². The number of hydrogen-bond acceptors (Lipinski definition) is 3. The summed E-state index contributed by atoms with van der Waals surface area (Å²) in [5.74, 6) is 0.424. The predicted molar refractivity (Wildman–Crippen MR) is 97.8 cm³/mol. The first-order valence-corrected chi connectivity index (χ1v) is 8.57. The first-order chi connectivity index (χ1) is 10.00. The number of hydrogen-bond donors (Lipinski definition) is 2. The summed E-state index contributed by atoms with van der Waals surface area (Å²) >= 11 is 1.73. The highest BCUT2D eigenvalue weighted by Gasteiger charge is 2.26. The zero-order chi connectivity index (χ0) is 16.7. The Morgan fingerprint density at radius 2 is 1.45 bits per heavy atom. The molecule has 2 N–H and O–H groups in total. The average molecular weight is 317 g/mol. The Kier molecular flexibility index (Phi) is 4.31. The molecular weight excluding hydrogens is 290 g/mol. The SMILES string of the molecule is Cc1sccc1Nc1cc(C(C)(C)C)c(O)c(C(C)(C)C)c1. The smallest absolute Gasteiger partial charge is 0.123 e. The summed E-state index contributed by atoms with van der Waals surface area (Å²) in [6.45, 7) is 14.9. The van der Waals surface area contributed by atoms with Gasteiger partial charge in [0, 0.05) is 21.7 Å². The monoisotopic (exact) mass is 317 g/mol. The van der Waals surface area contributed by atoms with Crippen molar-refractivity contribution >= 4 is 22.7 Å². The number of thiophene rings is 1. The third-order valence-corrected chi connectivity index (χ3v) is 4.71. The van der Waals surface area contributed by atoms with Crippen molar-refractivity contribution < 1.29 is 5.11 Å². The lowest BCUT2D eigenvalue weighted by Gasteiger charge is -2.28. The van der Waals surface area contributed by atoms with E-state index in [4.69, 9.17) is 0 Å². The van der Waals surface area contributed by atoms with Gasteiger partial charge in [0.2, 0.25) is 0 Å². The quantitative estimate of drug-likeness (QED) is 0.656. The van der Waals surface area contributed by atoms with Crippen LogP contribution in [0.2, 0.25) is 0 Å². The molecule has 0 aliphatic heterocycles. The molecule has 2 nitrogen and oxygen atoms in total. The van der Waals surface area contributed by atoms with E-state index < -0.39 is 0 Å². The van der Waals surface area contributed by atoms with Crippen molar-refractivity contribution in [3.8, 4) is 5.75 Å². The second kappa shape index (κ2) is 5.62. The van der Waals surface area contributed by atoms with Crippen molar-refractivity contribution in [2.24, 2.45) is 0 Å². The Morgan fingerprint density at radius 3 is 1.82 bits per heavy atom. The highest BCUT2D eigenvalue weighted by atomic mass is 32.1. The number of phenolic OH excluding ortho intramolecular Hbond substituents is 1. The summed E-state index contributed by atoms with van der Waals surface area (Å²) in [6.07, 6.45) is 0. The van der Waals surface area contributed by atoms with Crippen molar-refractivity contribution in [1.82, 2.24) is 0 Å². The number of phenols is 1. The predicted octanol–water partition coefficient (Wildman–Crippen LogP) is 6.10. The van der Waals surface area contributed by atoms with Gasteiger partial charge < -0.3 is 10.4 Å². The lowest BCUT2D eigenvalue weighted by Crippen LogP contribution is -2.17. The number of aryl methyl sites for hydroxylation is 1. The van der Waals surface area contributed by atoms with Crippen molar-refractivity contribution in [2.45, 2.75) is 59.3 Å². The van der Waals surface area contributed by atoms with Gasteiger partial charge in [-0.1, -0.05) is 41.5 Å². The lowest BCUT2D eigenvalue weighted by atomic mass is 9.79. The Morgan fingerprint density at radius 1 is 0.955 bits per heavy atom. The third-order valence-electron chi connectivity index (χ3n) is 3.86. The van der Waals surface area contributed by atoms with Crippen LogP contribution < -0.4 is 5.32 Å². The number of aromatic hydroxyl groups is 1. The van der Waals surface area contributed by atoms with E-state index in [-0.39, 0.29) is 10.8 Å². The van der Waals surface area contributed by atoms with Crippen LogP contribution in [0.5, 0.6) is 5.75 Å². The van der Waals surface area contributed by atoms with Gasteiger partial charge in [0.15, 0.2) is 0 Å². The van der Waals surface area contributed by atoms with Crippen molar-refractivity contribution in [2.75, 3.05) is 5.32 Å². The molecule has 0 saturated carbocycles. The van der Waals surface area contributed by atoms with E-state index in [9.17, 15) is 5.11 Å². The first-order valence-electron chi connectivity index (χ1n) is 7.69. The Balaban J connectivity index is 2.58. The Hall–Kier alpha value is -1.48.